The zero-order chi connectivity index (χ0) is 4.12. The second kappa shape index (κ2) is 9.11. The average Bonchev–Trinajstić information content (AvgIpc) is 1.41. The van der Waals surface area contributed by atoms with Gasteiger partial charge in [-0.3, -0.25) is 0 Å². The Bertz CT molecular complexity index is 11.4. The molecule has 0 unspecified atom stereocenters. The van der Waals surface area contributed by atoms with Crippen LogP contribution in [0, 0.1) is 0 Å². The molecule has 0 spiro atoms. The Morgan fingerprint density at radius 3 is 1.33 bits per heavy atom. The second-order valence-electron chi connectivity index (χ2n) is 1.35. The third kappa shape index (κ3) is 8.82. The number of unbranched alkanes of at least 4 members (excludes halogenated alkanes) is 2. The molecule has 0 aliphatic heterocycles. The smallest absolute Gasteiger partial charge is 0 e. The summed E-state index contributed by atoms with van der Waals surface area (Å²) in [6, 6.07) is 0. The van der Waals surface area contributed by atoms with Crippen molar-refractivity contribution in [2.75, 3.05) is 0 Å². The van der Waals surface area contributed by atoms with Crippen LogP contribution in [0.25, 0.3) is 0 Å². The van der Waals surface area contributed by atoms with Gasteiger partial charge in [0.2, 0.25) is 0 Å². The fourth-order valence-corrected chi connectivity index (χ4v) is 0.354. The molecule has 0 aromatic rings. The summed E-state index contributed by atoms with van der Waals surface area (Å²) >= 11 is 0. The van der Waals surface area contributed by atoms with Gasteiger partial charge in [-0.05, 0) is 0 Å². The minimum absolute atomic E-state index is 0. The van der Waals surface area contributed by atoms with Crippen LogP contribution in [0.5, 0.6) is 0 Å². The largest absolute Gasteiger partial charge is 0.0654 e. The first-order valence-electron chi connectivity index (χ1n) is 2.41. The van der Waals surface area contributed by atoms with Crippen molar-refractivity contribution < 1.29 is 0 Å². The van der Waals surface area contributed by atoms with Crippen molar-refractivity contribution in [2.45, 2.75) is 33.1 Å². The number of hydrogen-bond donors (Lipinski definition) is 0. The molecule has 0 bridgehead atoms. The van der Waals surface area contributed by atoms with Crippen molar-refractivity contribution in [3.05, 3.63) is 0 Å². The summed E-state index contributed by atoms with van der Waals surface area (Å²) in [5.41, 5.74) is 0. The topological polar surface area (TPSA) is 0 Å². The Kier molecular flexibility index (Phi) is 14.8. The predicted octanol–water partition coefficient (Wildman–Crippen LogP) is 1.82. The van der Waals surface area contributed by atoms with Crippen LogP contribution in [0.3, 0.4) is 0 Å². The quantitative estimate of drug-likeness (QED) is 0.519. The molecular formula is C5H12Ge. The van der Waals surface area contributed by atoms with Crippen molar-refractivity contribution in [1.82, 2.24) is 0 Å². The molecule has 0 saturated carbocycles. The Morgan fingerprint density at radius 1 is 1.00 bits per heavy atom. The minimum atomic E-state index is 0. The van der Waals surface area contributed by atoms with Crippen molar-refractivity contribution in [3.63, 3.8) is 0 Å². The Balaban J connectivity index is 0. The van der Waals surface area contributed by atoms with Gasteiger partial charge in [0.15, 0.2) is 0 Å². The molecule has 0 rings (SSSR count). The summed E-state index contributed by atoms with van der Waals surface area (Å²) < 4.78 is 0. The Labute approximate surface area is 51.3 Å². The minimum Gasteiger partial charge on any atom is -0.0654 e. The molecule has 0 aromatic carbocycles. The first-order valence-corrected chi connectivity index (χ1v) is 2.41. The summed E-state index contributed by atoms with van der Waals surface area (Å²) in [7, 11) is 0. The second-order valence-corrected chi connectivity index (χ2v) is 1.35. The molecule has 4 radical (unpaired) electrons. The van der Waals surface area contributed by atoms with Crippen molar-refractivity contribution in [1.29, 1.82) is 0 Å². The predicted molar refractivity (Wildman–Crippen MR) is 31.0 cm³/mol. The molecule has 1 heteroatoms. The molecule has 0 aliphatic carbocycles. The summed E-state index contributed by atoms with van der Waals surface area (Å²) in [5.74, 6) is 0. The van der Waals surface area contributed by atoms with Gasteiger partial charge < -0.3 is 0 Å². The van der Waals surface area contributed by atoms with E-state index in [0.717, 1.165) is 0 Å². The first kappa shape index (κ1) is 9.74. The molecule has 0 saturated heterocycles. The van der Waals surface area contributed by atoms with E-state index in [1.807, 2.05) is 0 Å². The van der Waals surface area contributed by atoms with Gasteiger partial charge in [0, 0.05) is 17.6 Å². The summed E-state index contributed by atoms with van der Waals surface area (Å²) in [6.07, 6.45) is 4.08. The van der Waals surface area contributed by atoms with Crippen molar-refractivity contribution >= 4 is 17.6 Å². The molecule has 0 amide bonds. The summed E-state index contributed by atoms with van der Waals surface area (Å²) in [6.45, 7) is 4.42. The van der Waals surface area contributed by atoms with Crippen LogP contribution in [0.1, 0.15) is 33.1 Å². The van der Waals surface area contributed by atoms with E-state index in [2.05, 4.69) is 13.8 Å². The van der Waals surface area contributed by atoms with Gasteiger partial charge in [-0.2, -0.15) is 0 Å². The maximum absolute atomic E-state index is 2.21. The zero-order valence-electron chi connectivity index (χ0n) is 4.62. The monoisotopic (exact) mass is 146 g/mol. The third-order valence-corrected chi connectivity index (χ3v) is 0.707. The fourth-order valence-electron chi connectivity index (χ4n) is 0.354. The molecule has 0 aliphatic rings. The SMILES string of the molecule is CCCCC.[Ge]. The number of rotatable bonds is 2. The zero-order valence-corrected chi connectivity index (χ0v) is 6.72. The summed E-state index contributed by atoms with van der Waals surface area (Å²) in [5, 5.41) is 0. The molecule has 0 heterocycles. The first-order chi connectivity index (χ1) is 2.41. The standard InChI is InChI=1S/C5H12.Ge/c1-3-5-4-2;/h3-5H2,1-2H3;. The molecule has 0 fully saturated rings. The van der Waals surface area contributed by atoms with E-state index < -0.39 is 0 Å². The molecular weight excluding hydrogens is 133 g/mol. The average molecular weight is 145 g/mol. The normalized spacial score (nSPS) is 7.00. The van der Waals surface area contributed by atoms with E-state index in [0.29, 0.717) is 0 Å². The van der Waals surface area contributed by atoms with Crippen LogP contribution in [0.2, 0.25) is 0 Å². The van der Waals surface area contributed by atoms with Gasteiger partial charge in [0.1, 0.15) is 0 Å². The maximum Gasteiger partial charge on any atom is 0 e. The summed E-state index contributed by atoms with van der Waals surface area (Å²) in [4.78, 5) is 0. The van der Waals surface area contributed by atoms with Gasteiger partial charge in [-0.25, -0.2) is 0 Å². The van der Waals surface area contributed by atoms with E-state index in [1.54, 1.807) is 0 Å². The van der Waals surface area contributed by atoms with E-state index in [4.69, 9.17) is 0 Å². The molecule has 0 nitrogen and oxygen atoms in total. The maximum atomic E-state index is 2.21. The van der Waals surface area contributed by atoms with Crippen LogP contribution in [-0.4, -0.2) is 17.6 Å². The van der Waals surface area contributed by atoms with Crippen LogP contribution < -0.4 is 0 Å². The van der Waals surface area contributed by atoms with Gasteiger partial charge in [0.25, 0.3) is 0 Å². The number of hydrogen-bond acceptors (Lipinski definition) is 0. The third-order valence-electron chi connectivity index (χ3n) is 0.707. The molecule has 6 heavy (non-hydrogen) atoms. The van der Waals surface area contributed by atoms with Crippen LogP contribution >= 0.6 is 0 Å². The molecule has 0 N–H and O–H groups in total. The van der Waals surface area contributed by atoms with Crippen LogP contribution in [0.4, 0.5) is 0 Å². The van der Waals surface area contributed by atoms with E-state index in [1.165, 1.54) is 19.3 Å². The van der Waals surface area contributed by atoms with Gasteiger partial charge in [-0.15, -0.1) is 0 Å². The van der Waals surface area contributed by atoms with Gasteiger partial charge in [0.05, 0.1) is 0 Å². The van der Waals surface area contributed by atoms with Crippen LogP contribution in [0.15, 0.2) is 0 Å². The Hall–Kier alpha value is 0.543. The van der Waals surface area contributed by atoms with Gasteiger partial charge >= 0.3 is 0 Å². The van der Waals surface area contributed by atoms with E-state index in [9.17, 15) is 0 Å². The molecule has 0 aromatic heterocycles. The van der Waals surface area contributed by atoms with Crippen LogP contribution in [-0.2, 0) is 0 Å². The van der Waals surface area contributed by atoms with E-state index in [-0.39, 0.29) is 17.6 Å². The van der Waals surface area contributed by atoms with E-state index >= 15 is 0 Å². The van der Waals surface area contributed by atoms with Crippen molar-refractivity contribution in [2.24, 2.45) is 0 Å². The Morgan fingerprint density at radius 2 is 1.33 bits per heavy atom. The van der Waals surface area contributed by atoms with Crippen molar-refractivity contribution in [3.8, 4) is 0 Å². The molecule has 0 atom stereocenters. The molecule has 36 valence electrons. The van der Waals surface area contributed by atoms with Gasteiger partial charge in [-0.1, -0.05) is 33.1 Å². The fraction of sp³-hybridized carbons (Fsp3) is 1.00.